The Morgan fingerprint density at radius 2 is 1.93 bits per heavy atom. The van der Waals surface area contributed by atoms with Crippen molar-refractivity contribution in [3.05, 3.63) is 59.2 Å². The maximum absolute atomic E-state index is 10.8. The van der Waals surface area contributed by atoms with E-state index in [1.807, 2.05) is 31.2 Å². The van der Waals surface area contributed by atoms with Crippen LogP contribution in [-0.4, -0.2) is 48.2 Å². The molecule has 4 unspecified atom stereocenters. The molecule has 1 aliphatic carbocycles. The lowest BCUT2D eigenvalue weighted by molar-refractivity contribution is -0.0848. The van der Waals surface area contributed by atoms with Crippen LogP contribution in [0, 0.1) is 6.92 Å². The fraction of sp³-hybridized carbons (Fsp3) is 0.400. The summed E-state index contributed by atoms with van der Waals surface area (Å²) in [6, 6.07) is 7.68. The van der Waals surface area contributed by atoms with Gasteiger partial charge in [0.2, 0.25) is 0 Å². The van der Waals surface area contributed by atoms with Crippen LogP contribution in [0.4, 0.5) is 0 Å². The van der Waals surface area contributed by atoms with Crippen molar-refractivity contribution < 1.29 is 20.1 Å². The molecular weight excluding hydrogens is 346 g/mol. The van der Waals surface area contributed by atoms with Gasteiger partial charge in [-0.05, 0) is 42.5 Å². The predicted molar refractivity (Wildman–Crippen MR) is 97.0 cm³/mol. The van der Waals surface area contributed by atoms with Crippen LogP contribution in [0.3, 0.4) is 0 Å². The van der Waals surface area contributed by atoms with E-state index in [0.29, 0.717) is 11.2 Å². The predicted octanol–water partition coefficient (Wildman–Crippen LogP) is 1.19. The number of aliphatic hydroxyl groups is 3. The summed E-state index contributed by atoms with van der Waals surface area (Å²) in [7, 11) is 0. The third-order valence-corrected chi connectivity index (χ3v) is 5.80. The maximum Gasteiger partial charge on any atom is 0.164 e. The topological polar surface area (TPSA) is 101 Å². The Morgan fingerprint density at radius 1 is 1.11 bits per heavy atom. The number of benzene rings is 1. The molecule has 0 radical (unpaired) electrons. The van der Waals surface area contributed by atoms with Crippen LogP contribution in [0.2, 0.25) is 0 Å². The highest BCUT2D eigenvalue weighted by molar-refractivity contribution is 5.78. The van der Waals surface area contributed by atoms with Crippen LogP contribution in [0.15, 0.2) is 36.8 Å². The molecule has 2 aliphatic rings. The molecule has 5 rings (SSSR count). The summed E-state index contributed by atoms with van der Waals surface area (Å²) in [5.74, 6) is 0. The van der Waals surface area contributed by atoms with E-state index in [1.165, 1.54) is 17.5 Å². The minimum Gasteiger partial charge on any atom is -0.387 e. The molecule has 27 heavy (non-hydrogen) atoms. The van der Waals surface area contributed by atoms with Crippen LogP contribution in [0.5, 0.6) is 0 Å². The first-order valence-corrected chi connectivity index (χ1v) is 9.14. The van der Waals surface area contributed by atoms with Gasteiger partial charge in [-0.25, -0.2) is 9.97 Å². The van der Waals surface area contributed by atoms with Gasteiger partial charge in [0.1, 0.15) is 36.4 Å². The van der Waals surface area contributed by atoms with Gasteiger partial charge in [-0.1, -0.05) is 18.2 Å². The number of nitrogens with zero attached hydrogens (tertiary/aromatic N) is 3. The Balaban J connectivity index is 1.46. The van der Waals surface area contributed by atoms with Crippen molar-refractivity contribution >= 4 is 11.0 Å². The van der Waals surface area contributed by atoms with Gasteiger partial charge in [-0.2, -0.15) is 0 Å². The second kappa shape index (κ2) is 6.10. The smallest absolute Gasteiger partial charge is 0.164 e. The third-order valence-electron chi connectivity index (χ3n) is 5.80. The van der Waals surface area contributed by atoms with Gasteiger partial charge in [0, 0.05) is 11.6 Å². The van der Waals surface area contributed by atoms with Gasteiger partial charge >= 0.3 is 0 Å². The molecule has 0 bridgehead atoms. The van der Waals surface area contributed by atoms with Gasteiger partial charge in [0.05, 0.1) is 5.69 Å². The Hall–Kier alpha value is -2.32. The Labute approximate surface area is 155 Å². The van der Waals surface area contributed by atoms with Crippen molar-refractivity contribution in [2.24, 2.45) is 0 Å². The SMILES string of the molecule is Cc1ncnc2c1ccn2C1OC([C@H](O)c2ccc3c(c2)CC3)C(O)C1O. The lowest BCUT2D eigenvalue weighted by Gasteiger charge is -2.25. The summed E-state index contributed by atoms with van der Waals surface area (Å²) in [5.41, 5.74) is 4.66. The number of rotatable bonds is 3. The van der Waals surface area contributed by atoms with Crippen LogP contribution in [0.1, 0.15) is 34.7 Å². The molecule has 3 heterocycles. The van der Waals surface area contributed by atoms with Gasteiger partial charge in [-0.3, -0.25) is 0 Å². The molecule has 140 valence electrons. The number of aromatic nitrogens is 3. The normalized spacial score (nSPS) is 28.1. The standard InChI is InChI=1S/C20H21N3O4/c1-10-14-6-7-23(19(14)22-9-21-10)20-17(26)16(25)18(27-20)15(24)13-5-3-11-2-4-12(11)8-13/h3,5-9,15-18,20,24-26H,2,4H2,1H3/t15-,16?,17?,18?,20?/m1/s1. The zero-order valence-electron chi connectivity index (χ0n) is 14.9. The average molecular weight is 367 g/mol. The number of fused-ring (bicyclic) bond motifs is 2. The largest absolute Gasteiger partial charge is 0.387 e. The van der Waals surface area contributed by atoms with Crippen LogP contribution >= 0.6 is 0 Å². The zero-order valence-corrected chi connectivity index (χ0v) is 14.9. The second-order valence-electron chi connectivity index (χ2n) is 7.36. The summed E-state index contributed by atoms with van der Waals surface area (Å²) in [5, 5.41) is 32.8. The molecule has 1 aromatic carbocycles. The molecule has 7 heteroatoms. The molecule has 0 amide bonds. The van der Waals surface area contributed by atoms with Crippen LogP contribution in [0.25, 0.3) is 11.0 Å². The van der Waals surface area contributed by atoms with E-state index < -0.39 is 30.6 Å². The van der Waals surface area contributed by atoms with Crippen molar-refractivity contribution in [1.82, 2.24) is 14.5 Å². The van der Waals surface area contributed by atoms with E-state index in [4.69, 9.17) is 4.74 Å². The fourth-order valence-corrected chi connectivity index (χ4v) is 4.07. The molecule has 2 aromatic heterocycles. The Kier molecular flexibility index (Phi) is 3.80. The van der Waals surface area contributed by atoms with E-state index in [0.717, 1.165) is 23.9 Å². The van der Waals surface area contributed by atoms with E-state index in [1.54, 1.807) is 10.8 Å². The summed E-state index contributed by atoms with van der Waals surface area (Å²) >= 11 is 0. The Morgan fingerprint density at radius 3 is 2.67 bits per heavy atom. The lowest BCUT2D eigenvalue weighted by Crippen LogP contribution is -2.35. The molecule has 3 N–H and O–H groups in total. The first-order valence-electron chi connectivity index (χ1n) is 9.14. The lowest BCUT2D eigenvalue weighted by atomic mass is 9.85. The highest BCUT2D eigenvalue weighted by Gasteiger charge is 2.47. The summed E-state index contributed by atoms with van der Waals surface area (Å²) in [4.78, 5) is 8.45. The maximum atomic E-state index is 10.8. The van der Waals surface area contributed by atoms with Crippen LogP contribution in [-0.2, 0) is 17.6 Å². The first-order chi connectivity index (χ1) is 13.0. The van der Waals surface area contributed by atoms with Gasteiger partial charge in [0.25, 0.3) is 0 Å². The van der Waals surface area contributed by atoms with Gasteiger partial charge in [0.15, 0.2) is 6.23 Å². The van der Waals surface area contributed by atoms with E-state index in [-0.39, 0.29) is 0 Å². The van der Waals surface area contributed by atoms with E-state index in [9.17, 15) is 15.3 Å². The summed E-state index contributed by atoms with van der Waals surface area (Å²) in [6.45, 7) is 1.88. The first kappa shape index (κ1) is 16.8. The number of aryl methyl sites for hydroxylation is 3. The third kappa shape index (κ3) is 2.50. The molecule has 1 aliphatic heterocycles. The highest BCUT2D eigenvalue weighted by Crippen LogP contribution is 2.38. The fourth-order valence-electron chi connectivity index (χ4n) is 4.07. The summed E-state index contributed by atoms with van der Waals surface area (Å²) in [6.07, 6.45) is 0.108. The minimum atomic E-state index is -1.21. The van der Waals surface area contributed by atoms with Crippen molar-refractivity contribution in [1.29, 1.82) is 0 Å². The molecular formula is C20H21N3O4. The molecule has 1 fully saturated rings. The number of ether oxygens (including phenoxy) is 1. The zero-order chi connectivity index (χ0) is 18.7. The average Bonchev–Trinajstić information content (AvgIpc) is 3.19. The molecule has 7 nitrogen and oxygen atoms in total. The Bertz CT molecular complexity index is 1020. The monoisotopic (exact) mass is 367 g/mol. The molecule has 0 saturated carbocycles. The van der Waals surface area contributed by atoms with Crippen LogP contribution < -0.4 is 0 Å². The molecule has 5 atom stereocenters. The number of aliphatic hydroxyl groups excluding tert-OH is 3. The quantitative estimate of drug-likeness (QED) is 0.643. The summed E-state index contributed by atoms with van der Waals surface area (Å²) < 4.78 is 7.62. The van der Waals surface area contributed by atoms with Gasteiger partial charge < -0.3 is 24.6 Å². The number of hydrogen-bond acceptors (Lipinski definition) is 6. The van der Waals surface area contributed by atoms with E-state index >= 15 is 0 Å². The number of hydrogen-bond donors (Lipinski definition) is 3. The van der Waals surface area contributed by atoms with Crippen molar-refractivity contribution in [3.63, 3.8) is 0 Å². The van der Waals surface area contributed by atoms with Crippen molar-refractivity contribution in [3.8, 4) is 0 Å². The highest BCUT2D eigenvalue weighted by atomic mass is 16.6. The van der Waals surface area contributed by atoms with Crippen molar-refractivity contribution in [2.45, 2.75) is 50.4 Å². The van der Waals surface area contributed by atoms with Gasteiger partial charge in [-0.15, -0.1) is 0 Å². The second-order valence-corrected chi connectivity index (χ2v) is 7.36. The minimum absolute atomic E-state index is 0.620. The van der Waals surface area contributed by atoms with Crippen molar-refractivity contribution in [2.75, 3.05) is 0 Å². The molecule has 0 spiro atoms. The molecule has 1 saturated heterocycles. The molecule has 3 aromatic rings. The van der Waals surface area contributed by atoms with E-state index in [2.05, 4.69) is 9.97 Å².